The summed E-state index contributed by atoms with van der Waals surface area (Å²) in [6, 6.07) is 6.52. The van der Waals surface area contributed by atoms with E-state index in [2.05, 4.69) is 5.32 Å². The molecule has 0 spiro atoms. The van der Waals surface area contributed by atoms with Crippen LogP contribution in [0.2, 0.25) is 0 Å². The molecule has 2 atom stereocenters. The maximum absolute atomic E-state index is 13.8. The first-order chi connectivity index (χ1) is 9.13. The van der Waals surface area contributed by atoms with Crippen molar-refractivity contribution in [3.8, 4) is 0 Å². The number of nitrogens with zero attached hydrogens (tertiary/aromatic N) is 1. The molecule has 2 unspecified atom stereocenters. The molecule has 1 N–H and O–H groups in total. The summed E-state index contributed by atoms with van der Waals surface area (Å²) in [7, 11) is 0. The number of hydrogen-bond acceptors (Lipinski definition) is 3. The quantitative estimate of drug-likeness (QED) is 0.881. The Labute approximate surface area is 112 Å². The van der Waals surface area contributed by atoms with Crippen LogP contribution in [0.25, 0.3) is 0 Å². The van der Waals surface area contributed by atoms with Crippen molar-refractivity contribution in [2.45, 2.75) is 26.1 Å². The Morgan fingerprint density at radius 2 is 2.26 bits per heavy atom. The van der Waals surface area contributed by atoms with Crippen LogP contribution in [0.1, 0.15) is 25.6 Å². The van der Waals surface area contributed by atoms with Gasteiger partial charge in [-0.3, -0.25) is 10.1 Å². The van der Waals surface area contributed by atoms with Gasteiger partial charge < -0.3 is 9.64 Å². The van der Waals surface area contributed by atoms with Crippen molar-refractivity contribution in [2.24, 2.45) is 0 Å². The number of carbonyl (C=O) groups excluding carboxylic acids is 1. The molecule has 0 aliphatic carbocycles. The van der Waals surface area contributed by atoms with E-state index in [0.29, 0.717) is 18.7 Å². The molecule has 4 nitrogen and oxygen atoms in total. The van der Waals surface area contributed by atoms with E-state index >= 15 is 0 Å². The van der Waals surface area contributed by atoms with Crippen LogP contribution in [0.3, 0.4) is 0 Å². The molecular formula is C14H19FN2O2. The topological polar surface area (TPSA) is 41.6 Å². The summed E-state index contributed by atoms with van der Waals surface area (Å²) in [5, 5.41) is 3.04. The van der Waals surface area contributed by atoms with E-state index in [9.17, 15) is 9.18 Å². The molecule has 104 valence electrons. The van der Waals surface area contributed by atoms with Crippen molar-refractivity contribution in [3.63, 3.8) is 0 Å². The Morgan fingerprint density at radius 1 is 1.53 bits per heavy atom. The van der Waals surface area contributed by atoms with Gasteiger partial charge in [-0.2, -0.15) is 0 Å². The molecule has 0 saturated carbocycles. The van der Waals surface area contributed by atoms with E-state index in [4.69, 9.17) is 4.74 Å². The summed E-state index contributed by atoms with van der Waals surface area (Å²) in [5.41, 5.74) is 0.497. The molecule has 1 aromatic carbocycles. The standard InChI is InChI=1S/C14H19FN2O2/c1-3-19-10(2)9-17-13(18)8-16-14(17)11-6-4-5-7-12(11)15/h4-7,10,14,16H,3,8-9H2,1-2H3. The average molecular weight is 266 g/mol. The van der Waals surface area contributed by atoms with Gasteiger partial charge in [0.1, 0.15) is 12.0 Å². The molecule has 1 aliphatic rings. The van der Waals surface area contributed by atoms with Crippen molar-refractivity contribution in [3.05, 3.63) is 35.6 Å². The number of ether oxygens (including phenoxy) is 1. The number of nitrogens with one attached hydrogen (secondary N) is 1. The molecule has 1 amide bonds. The third-order valence-corrected chi connectivity index (χ3v) is 3.18. The largest absolute Gasteiger partial charge is 0.377 e. The van der Waals surface area contributed by atoms with Crippen LogP contribution < -0.4 is 5.32 Å². The molecule has 0 bridgehead atoms. The van der Waals surface area contributed by atoms with Gasteiger partial charge in [0.25, 0.3) is 0 Å². The lowest BCUT2D eigenvalue weighted by Gasteiger charge is -2.27. The molecular weight excluding hydrogens is 247 g/mol. The van der Waals surface area contributed by atoms with Gasteiger partial charge in [0, 0.05) is 18.7 Å². The van der Waals surface area contributed by atoms with Crippen LogP contribution >= 0.6 is 0 Å². The fourth-order valence-electron chi connectivity index (χ4n) is 2.34. The molecule has 19 heavy (non-hydrogen) atoms. The van der Waals surface area contributed by atoms with E-state index < -0.39 is 6.17 Å². The maximum Gasteiger partial charge on any atom is 0.238 e. The van der Waals surface area contributed by atoms with E-state index in [-0.39, 0.29) is 24.4 Å². The lowest BCUT2D eigenvalue weighted by atomic mass is 10.1. The van der Waals surface area contributed by atoms with Crippen LogP contribution in [0.15, 0.2) is 24.3 Å². The summed E-state index contributed by atoms with van der Waals surface area (Å²) in [5.74, 6) is -0.330. The van der Waals surface area contributed by atoms with Crippen molar-refractivity contribution in [1.29, 1.82) is 0 Å². The van der Waals surface area contributed by atoms with Crippen molar-refractivity contribution >= 4 is 5.91 Å². The zero-order valence-corrected chi connectivity index (χ0v) is 11.2. The molecule has 1 heterocycles. The summed E-state index contributed by atoms with van der Waals surface area (Å²) < 4.78 is 19.3. The Hall–Kier alpha value is -1.46. The first kappa shape index (κ1) is 14.0. The predicted molar refractivity (Wildman–Crippen MR) is 69.9 cm³/mol. The molecule has 5 heteroatoms. The van der Waals surface area contributed by atoms with Gasteiger partial charge in [-0.25, -0.2) is 4.39 Å². The van der Waals surface area contributed by atoms with Crippen LogP contribution in [0, 0.1) is 5.82 Å². The summed E-state index contributed by atoms with van der Waals surface area (Å²) >= 11 is 0. The minimum Gasteiger partial charge on any atom is -0.377 e. The predicted octanol–water partition coefficient (Wildman–Crippen LogP) is 1.68. The summed E-state index contributed by atoms with van der Waals surface area (Å²) in [6.45, 7) is 5.11. The van der Waals surface area contributed by atoms with Crippen LogP contribution in [-0.4, -0.2) is 36.6 Å². The fourth-order valence-corrected chi connectivity index (χ4v) is 2.34. The smallest absolute Gasteiger partial charge is 0.238 e. The number of halogens is 1. The minimum atomic E-state index is -0.406. The van der Waals surface area contributed by atoms with Gasteiger partial charge >= 0.3 is 0 Å². The lowest BCUT2D eigenvalue weighted by molar-refractivity contribution is -0.129. The molecule has 1 aliphatic heterocycles. The molecule has 0 aromatic heterocycles. The highest BCUT2D eigenvalue weighted by atomic mass is 19.1. The third-order valence-electron chi connectivity index (χ3n) is 3.18. The molecule has 1 fully saturated rings. The number of benzene rings is 1. The van der Waals surface area contributed by atoms with Gasteiger partial charge in [0.2, 0.25) is 5.91 Å². The Bertz CT molecular complexity index is 453. The lowest BCUT2D eigenvalue weighted by Crippen LogP contribution is -2.37. The van der Waals surface area contributed by atoms with E-state index in [1.165, 1.54) is 6.07 Å². The summed E-state index contributed by atoms with van der Waals surface area (Å²) in [4.78, 5) is 13.5. The molecule has 2 rings (SSSR count). The highest BCUT2D eigenvalue weighted by Gasteiger charge is 2.33. The molecule has 1 saturated heterocycles. The molecule has 1 aromatic rings. The van der Waals surface area contributed by atoms with Crippen molar-refractivity contribution < 1.29 is 13.9 Å². The fraction of sp³-hybridized carbons (Fsp3) is 0.500. The second kappa shape index (κ2) is 6.12. The molecule has 0 radical (unpaired) electrons. The van der Waals surface area contributed by atoms with Gasteiger partial charge in [-0.1, -0.05) is 18.2 Å². The second-order valence-corrected chi connectivity index (χ2v) is 4.62. The van der Waals surface area contributed by atoms with E-state index in [1.54, 1.807) is 23.1 Å². The maximum atomic E-state index is 13.8. The monoisotopic (exact) mass is 266 g/mol. The number of amides is 1. The average Bonchev–Trinajstić information content (AvgIpc) is 2.72. The van der Waals surface area contributed by atoms with E-state index in [0.717, 1.165) is 0 Å². The number of rotatable bonds is 5. The Balaban J connectivity index is 2.15. The first-order valence-electron chi connectivity index (χ1n) is 6.52. The number of carbonyl (C=O) groups is 1. The Kier molecular flexibility index (Phi) is 4.50. The van der Waals surface area contributed by atoms with Crippen LogP contribution in [-0.2, 0) is 9.53 Å². The van der Waals surface area contributed by atoms with Gasteiger partial charge in [0.15, 0.2) is 0 Å². The summed E-state index contributed by atoms with van der Waals surface area (Å²) in [6.07, 6.45) is -0.472. The highest BCUT2D eigenvalue weighted by molar-refractivity contribution is 5.81. The minimum absolute atomic E-state index is 0.0280. The Morgan fingerprint density at radius 3 is 2.95 bits per heavy atom. The van der Waals surface area contributed by atoms with Crippen molar-refractivity contribution in [1.82, 2.24) is 10.2 Å². The number of hydrogen-bond donors (Lipinski definition) is 1. The first-order valence-corrected chi connectivity index (χ1v) is 6.52. The zero-order chi connectivity index (χ0) is 13.8. The normalized spacial score (nSPS) is 20.9. The SMILES string of the molecule is CCOC(C)CN1C(=O)CNC1c1ccccc1F. The van der Waals surface area contributed by atoms with Crippen LogP contribution in [0.4, 0.5) is 4.39 Å². The van der Waals surface area contributed by atoms with Crippen LogP contribution in [0.5, 0.6) is 0 Å². The third kappa shape index (κ3) is 3.11. The van der Waals surface area contributed by atoms with Crippen molar-refractivity contribution in [2.75, 3.05) is 19.7 Å². The van der Waals surface area contributed by atoms with Gasteiger partial charge in [-0.05, 0) is 19.9 Å². The second-order valence-electron chi connectivity index (χ2n) is 4.62. The van der Waals surface area contributed by atoms with E-state index in [1.807, 2.05) is 13.8 Å². The van der Waals surface area contributed by atoms with Gasteiger partial charge in [-0.15, -0.1) is 0 Å². The zero-order valence-electron chi connectivity index (χ0n) is 11.2. The van der Waals surface area contributed by atoms with Gasteiger partial charge in [0.05, 0.1) is 12.6 Å². The highest BCUT2D eigenvalue weighted by Crippen LogP contribution is 2.25.